The summed E-state index contributed by atoms with van der Waals surface area (Å²) in [5.41, 5.74) is 0. The Morgan fingerprint density at radius 3 is 2.83 bits per heavy atom. The van der Waals surface area contributed by atoms with Gasteiger partial charge in [0.25, 0.3) is 0 Å². The summed E-state index contributed by atoms with van der Waals surface area (Å²) in [5, 5.41) is 17.4. The van der Waals surface area contributed by atoms with Gasteiger partial charge in [-0.05, 0) is 13.0 Å². The Morgan fingerprint density at radius 2 is 2.42 bits per heavy atom. The maximum absolute atomic E-state index is 8.92. The zero-order valence-corrected chi connectivity index (χ0v) is 7.23. The molecule has 0 saturated heterocycles. The number of aliphatic imine (C=N–C) groups is 1. The van der Waals surface area contributed by atoms with Crippen molar-refractivity contribution in [3.8, 4) is 0 Å². The van der Waals surface area contributed by atoms with Gasteiger partial charge in [0, 0.05) is 0 Å². The maximum atomic E-state index is 8.92. The van der Waals surface area contributed by atoms with E-state index in [2.05, 4.69) is 11.6 Å². The van der Waals surface area contributed by atoms with Crippen LogP contribution in [-0.4, -0.2) is 42.0 Å². The fourth-order valence-corrected chi connectivity index (χ4v) is 0.570. The molecule has 4 nitrogen and oxygen atoms in total. The van der Waals surface area contributed by atoms with Crippen LogP contribution in [0.15, 0.2) is 17.6 Å². The van der Waals surface area contributed by atoms with Crippen LogP contribution < -0.4 is 0 Å². The van der Waals surface area contributed by atoms with Crippen LogP contribution in [0.5, 0.6) is 0 Å². The lowest BCUT2D eigenvalue weighted by molar-refractivity contribution is 0.102. The lowest BCUT2D eigenvalue weighted by atomic mass is 10.4. The molecule has 0 saturated carbocycles. The van der Waals surface area contributed by atoms with E-state index in [1.165, 1.54) is 6.08 Å². The van der Waals surface area contributed by atoms with Crippen molar-refractivity contribution in [1.82, 2.24) is 0 Å². The Morgan fingerprint density at radius 1 is 1.75 bits per heavy atom. The minimum absolute atomic E-state index is 0.137. The molecule has 0 spiro atoms. The first-order valence-corrected chi connectivity index (χ1v) is 3.83. The van der Waals surface area contributed by atoms with Crippen LogP contribution in [0.1, 0.15) is 6.92 Å². The summed E-state index contributed by atoms with van der Waals surface area (Å²) in [6.45, 7) is 5.68. The van der Waals surface area contributed by atoms with E-state index in [9.17, 15) is 0 Å². The van der Waals surface area contributed by atoms with Crippen molar-refractivity contribution in [3.05, 3.63) is 12.7 Å². The summed E-state index contributed by atoms with van der Waals surface area (Å²) >= 11 is 0. The largest absolute Gasteiger partial charge is 0.478 e. The first-order chi connectivity index (χ1) is 5.74. The highest BCUT2D eigenvalue weighted by Gasteiger charge is 2.00. The van der Waals surface area contributed by atoms with Gasteiger partial charge < -0.3 is 14.9 Å². The molecule has 0 aromatic carbocycles. The Bertz CT molecular complexity index is 156. The fraction of sp³-hybridized carbons (Fsp3) is 0.625. The number of hydrogen-bond acceptors (Lipinski definition) is 4. The van der Waals surface area contributed by atoms with Gasteiger partial charge in [0.15, 0.2) is 0 Å². The maximum Gasteiger partial charge on any atom is 0.207 e. The van der Waals surface area contributed by atoms with E-state index in [1.807, 2.05) is 6.92 Å². The third-order valence-corrected chi connectivity index (χ3v) is 1.14. The van der Waals surface area contributed by atoms with Crippen molar-refractivity contribution in [2.24, 2.45) is 4.99 Å². The second-order valence-electron chi connectivity index (χ2n) is 2.15. The molecule has 0 fully saturated rings. The van der Waals surface area contributed by atoms with Gasteiger partial charge >= 0.3 is 0 Å². The molecule has 0 rings (SSSR count). The Kier molecular flexibility index (Phi) is 6.32. The molecule has 1 atom stereocenters. The second-order valence-corrected chi connectivity index (χ2v) is 2.15. The molecule has 0 aromatic rings. The van der Waals surface area contributed by atoms with Crippen molar-refractivity contribution >= 4 is 5.90 Å². The lowest BCUT2D eigenvalue weighted by Crippen LogP contribution is -2.17. The first-order valence-electron chi connectivity index (χ1n) is 3.83. The normalized spacial score (nSPS) is 14.1. The number of rotatable bonds is 5. The quantitative estimate of drug-likeness (QED) is 0.453. The topological polar surface area (TPSA) is 62.1 Å². The Labute approximate surface area is 72.2 Å². The molecular weight excluding hydrogens is 158 g/mol. The molecule has 0 aliphatic rings. The van der Waals surface area contributed by atoms with E-state index in [4.69, 9.17) is 14.9 Å². The predicted octanol–water partition coefficient (Wildman–Crippen LogP) is -0.0394. The van der Waals surface area contributed by atoms with E-state index in [0.717, 1.165) is 0 Å². The predicted molar refractivity (Wildman–Crippen MR) is 47.2 cm³/mol. The number of aliphatic hydroxyl groups is 2. The summed E-state index contributed by atoms with van der Waals surface area (Å²) in [6, 6.07) is 0. The Hall–Kier alpha value is -0.870. The average molecular weight is 173 g/mol. The third-order valence-electron chi connectivity index (χ3n) is 1.14. The molecule has 0 heterocycles. The van der Waals surface area contributed by atoms with Crippen LogP contribution in [0.4, 0.5) is 0 Å². The highest BCUT2D eigenvalue weighted by Crippen LogP contribution is 1.88. The molecule has 70 valence electrons. The van der Waals surface area contributed by atoms with Gasteiger partial charge in [-0.2, -0.15) is 0 Å². The monoisotopic (exact) mass is 173 g/mol. The van der Waals surface area contributed by atoms with Crippen LogP contribution in [0, 0.1) is 0 Å². The summed E-state index contributed by atoms with van der Waals surface area (Å²) < 4.78 is 5.03. The summed E-state index contributed by atoms with van der Waals surface area (Å²) in [5.74, 6) is 0.394. The molecule has 12 heavy (non-hydrogen) atoms. The van der Waals surface area contributed by atoms with E-state index < -0.39 is 6.10 Å². The number of hydrogen-bond donors (Lipinski definition) is 2. The second kappa shape index (κ2) is 6.82. The number of nitrogens with zero attached hydrogens (tertiary/aromatic N) is 1. The van der Waals surface area contributed by atoms with Gasteiger partial charge in [-0.3, -0.25) is 0 Å². The summed E-state index contributed by atoms with van der Waals surface area (Å²) in [6.07, 6.45) is 0.647. The minimum atomic E-state index is -0.819. The van der Waals surface area contributed by atoms with E-state index in [-0.39, 0.29) is 13.2 Å². The summed E-state index contributed by atoms with van der Waals surface area (Å²) in [4.78, 5) is 3.87. The number of aliphatic hydroxyl groups excluding tert-OH is 2. The van der Waals surface area contributed by atoms with Gasteiger partial charge in [0.1, 0.15) is 0 Å². The van der Waals surface area contributed by atoms with Crippen molar-refractivity contribution < 1.29 is 14.9 Å². The highest BCUT2D eigenvalue weighted by atomic mass is 16.5. The first kappa shape index (κ1) is 11.1. The fourth-order valence-electron chi connectivity index (χ4n) is 0.570. The van der Waals surface area contributed by atoms with Gasteiger partial charge in [-0.25, -0.2) is 4.99 Å². The van der Waals surface area contributed by atoms with Gasteiger partial charge in [0.05, 0.1) is 25.9 Å². The average Bonchev–Trinajstić information content (AvgIpc) is 2.11. The van der Waals surface area contributed by atoms with E-state index in [0.29, 0.717) is 12.5 Å². The summed E-state index contributed by atoms with van der Waals surface area (Å²) in [7, 11) is 0. The zero-order chi connectivity index (χ0) is 9.40. The SMILES string of the molecule is C=C/C(=N/CC(O)CO)OCC. The molecule has 0 aliphatic heterocycles. The molecule has 0 radical (unpaired) electrons. The van der Waals surface area contributed by atoms with Gasteiger partial charge in [-0.1, -0.05) is 6.58 Å². The third kappa shape index (κ3) is 4.87. The van der Waals surface area contributed by atoms with Gasteiger partial charge in [-0.15, -0.1) is 0 Å². The van der Waals surface area contributed by atoms with Gasteiger partial charge in [0.2, 0.25) is 5.90 Å². The smallest absolute Gasteiger partial charge is 0.207 e. The molecule has 1 unspecified atom stereocenters. The molecule has 4 heteroatoms. The molecule has 2 N–H and O–H groups in total. The molecule has 0 aromatic heterocycles. The zero-order valence-electron chi connectivity index (χ0n) is 7.23. The molecule has 0 amide bonds. The highest BCUT2D eigenvalue weighted by molar-refractivity contribution is 5.87. The van der Waals surface area contributed by atoms with Crippen LogP contribution >= 0.6 is 0 Å². The van der Waals surface area contributed by atoms with Crippen molar-refractivity contribution in [3.63, 3.8) is 0 Å². The van der Waals surface area contributed by atoms with Crippen LogP contribution in [-0.2, 0) is 4.74 Å². The van der Waals surface area contributed by atoms with Crippen molar-refractivity contribution in [2.45, 2.75) is 13.0 Å². The standard InChI is InChI=1S/C8H15NO3/c1-3-8(12-4-2)9-5-7(11)6-10/h3,7,10-11H,1,4-6H2,2H3/b9-8-. The van der Waals surface area contributed by atoms with Crippen molar-refractivity contribution in [2.75, 3.05) is 19.8 Å². The number of ether oxygens (including phenoxy) is 1. The minimum Gasteiger partial charge on any atom is -0.478 e. The van der Waals surface area contributed by atoms with Crippen LogP contribution in [0.3, 0.4) is 0 Å². The molecular formula is C8H15NO3. The molecule has 0 aliphatic carbocycles. The van der Waals surface area contributed by atoms with E-state index in [1.54, 1.807) is 0 Å². The van der Waals surface area contributed by atoms with Crippen LogP contribution in [0.2, 0.25) is 0 Å². The Balaban J connectivity index is 3.84. The van der Waals surface area contributed by atoms with Crippen molar-refractivity contribution in [1.29, 1.82) is 0 Å². The lowest BCUT2D eigenvalue weighted by Gasteiger charge is -2.04. The van der Waals surface area contributed by atoms with E-state index >= 15 is 0 Å². The van der Waals surface area contributed by atoms with Crippen LogP contribution in [0.25, 0.3) is 0 Å². The molecule has 0 bridgehead atoms.